The molecule has 0 unspecified atom stereocenters. The van der Waals surface area contributed by atoms with Gasteiger partial charge in [-0.1, -0.05) is 32.9 Å². The molecule has 5 heteroatoms. The molecule has 0 aliphatic rings. The van der Waals surface area contributed by atoms with Crippen LogP contribution in [0, 0.1) is 5.41 Å². The molecule has 0 fully saturated rings. The third kappa shape index (κ3) is 4.62. The Labute approximate surface area is 112 Å². The van der Waals surface area contributed by atoms with Gasteiger partial charge in [0.1, 0.15) is 6.04 Å². The van der Waals surface area contributed by atoms with Gasteiger partial charge in [-0.3, -0.25) is 4.79 Å². The van der Waals surface area contributed by atoms with Crippen LogP contribution in [0.1, 0.15) is 26.3 Å². The predicted octanol–water partition coefficient (Wildman–Crippen LogP) is 1.43. The number of nitrogens with one attached hydrogen (secondary N) is 1. The number of carboxylic acids is 1. The summed E-state index contributed by atoms with van der Waals surface area (Å²) in [5.74, 6) is -1.36. The first-order valence-electron chi connectivity index (χ1n) is 6.07. The van der Waals surface area contributed by atoms with E-state index in [9.17, 15) is 9.59 Å². The number of hydrogen-bond donors (Lipinski definition) is 3. The highest BCUT2D eigenvalue weighted by atomic mass is 16.4. The van der Waals surface area contributed by atoms with Gasteiger partial charge in [-0.25, -0.2) is 4.79 Å². The second kappa shape index (κ2) is 5.73. The Balaban J connectivity index is 2.71. The molecule has 0 aliphatic carbocycles. The van der Waals surface area contributed by atoms with Crippen molar-refractivity contribution in [3.05, 3.63) is 29.8 Å². The molecule has 4 N–H and O–H groups in total. The number of benzene rings is 1. The number of carboxylic acid groups (broad SMARTS) is 1. The van der Waals surface area contributed by atoms with Gasteiger partial charge in [-0.2, -0.15) is 0 Å². The second-order valence-corrected chi connectivity index (χ2v) is 5.63. The molecule has 5 nitrogen and oxygen atoms in total. The van der Waals surface area contributed by atoms with Crippen molar-refractivity contribution in [1.82, 2.24) is 5.32 Å². The van der Waals surface area contributed by atoms with Crippen molar-refractivity contribution in [3.63, 3.8) is 0 Å². The van der Waals surface area contributed by atoms with E-state index < -0.39 is 17.4 Å². The summed E-state index contributed by atoms with van der Waals surface area (Å²) in [7, 11) is 0. The Morgan fingerprint density at radius 1 is 1.37 bits per heavy atom. The lowest BCUT2D eigenvalue weighted by Gasteiger charge is -2.27. The fraction of sp³-hybridized carbons (Fsp3) is 0.429. The van der Waals surface area contributed by atoms with Crippen LogP contribution in [0.25, 0.3) is 0 Å². The van der Waals surface area contributed by atoms with Gasteiger partial charge < -0.3 is 16.2 Å². The third-order valence-electron chi connectivity index (χ3n) is 2.73. The number of carbonyl (C=O) groups excluding carboxylic acids is 1. The Kier molecular flexibility index (Phi) is 4.53. The fourth-order valence-corrected chi connectivity index (χ4v) is 1.75. The predicted molar refractivity (Wildman–Crippen MR) is 73.6 cm³/mol. The molecule has 0 saturated carbocycles. The van der Waals surface area contributed by atoms with E-state index in [0.717, 1.165) is 5.56 Å². The maximum atomic E-state index is 11.9. The number of hydrogen-bond acceptors (Lipinski definition) is 3. The van der Waals surface area contributed by atoms with Crippen molar-refractivity contribution in [2.45, 2.75) is 33.2 Å². The lowest BCUT2D eigenvalue weighted by molar-refractivity contribution is -0.144. The maximum absolute atomic E-state index is 11.9. The SMILES string of the molecule is CC(C)(C)[C@@H](NC(=O)Cc1cccc(N)c1)C(=O)O. The molecule has 0 radical (unpaired) electrons. The molecule has 1 atom stereocenters. The second-order valence-electron chi connectivity index (χ2n) is 5.63. The first-order valence-corrected chi connectivity index (χ1v) is 6.07. The van der Waals surface area contributed by atoms with E-state index in [-0.39, 0.29) is 12.3 Å². The van der Waals surface area contributed by atoms with Gasteiger partial charge in [0.2, 0.25) is 5.91 Å². The Morgan fingerprint density at radius 2 is 2.00 bits per heavy atom. The molecule has 0 aromatic heterocycles. The average molecular weight is 264 g/mol. The largest absolute Gasteiger partial charge is 0.480 e. The van der Waals surface area contributed by atoms with Crippen molar-refractivity contribution >= 4 is 17.6 Å². The highest BCUT2D eigenvalue weighted by molar-refractivity contribution is 5.85. The lowest BCUT2D eigenvalue weighted by atomic mass is 9.86. The van der Waals surface area contributed by atoms with E-state index in [1.54, 1.807) is 45.0 Å². The topological polar surface area (TPSA) is 92.4 Å². The van der Waals surface area contributed by atoms with Crippen molar-refractivity contribution < 1.29 is 14.7 Å². The summed E-state index contributed by atoms with van der Waals surface area (Å²) in [5, 5.41) is 11.7. The van der Waals surface area contributed by atoms with Crippen LogP contribution in [0.5, 0.6) is 0 Å². The number of carbonyl (C=O) groups is 2. The minimum absolute atomic E-state index is 0.116. The summed E-state index contributed by atoms with van der Waals surface area (Å²) in [6.07, 6.45) is 0.116. The van der Waals surface area contributed by atoms with E-state index >= 15 is 0 Å². The summed E-state index contributed by atoms with van der Waals surface area (Å²) in [6, 6.07) is 6.06. The minimum Gasteiger partial charge on any atom is -0.480 e. The zero-order chi connectivity index (χ0) is 14.6. The summed E-state index contributed by atoms with van der Waals surface area (Å²) in [6.45, 7) is 5.31. The zero-order valence-corrected chi connectivity index (χ0v) is 11.4. The first kappa shape index (κ1) is 15.0. The van der Waals surface area contributed by atoms with Gasteiger partial charge in [-0.05, 0) is 23.1 Å². The first-order chi connectivity index (χ1) is 8.70. The standard InChI is InChI=1S/C14H20N2O3/c1-14(2,3)12(13(18)19)16-11(17)8-9-5-4-6-10(15)7-9/h4-7,12H,8,15H2,1-3H3,(H,16,17)(H,18,19)/t12-/m0/s1. The van der Waals surface area contributed by atoms with Crippen LogP contribution < -0.4 is 11.1 Å². The minimum atomic E-state index is -1.03. The number of rotatable bonds is 4. The zero-order valence-electron chi connectivity index (χ0n) is 11.4. The number of nitrogen functional groups attached to an aromatic ring is 1. The van der Waals surface area contributed by atoms with E-state index in [0.29, 0.717) is 5.69 Å². The Morgan fingerprint density at radius 3 is 2.47 bits per heavy atom. The van der Waals surface area contributed by atoms with Crippen LogP contribution in [-0.2, 0) is 16.0 Å². The van der Waals surface area contributed by atoms with Crippen LogP contribution in [0.15, 0.2) is 24.3 Å². The van der Waals surface area contributed by atoms with E-state index in [2.05, 4.69) is 5.32 Å². The lowest BCUT2D eigenvalue weighted by Crippen LogP contribution is -2.49. The quantitative estimate of drug-likeness (QED) is 0.717. The summed E-state index contributed by atoms with van der Waals surface area (Å²) in [5.41, 5.74) is 6.42. The van der Waals surface area contributed by atoms with E-state index in [1.165, 1.54) is 0 Å². The molecule has 1 amide bonds. The molecule has 1 aromatic rings. The molecule has 0 spiro atoms. The van der Waals surface area contributed by atoms with Gasteiger partial charge in [0.05, 0.1) is 6.42 Å². The highest BCUT2D eigenvalue weighted by Gasteiger charge is 2.32. The van der Waals surface area contributed by atoms with Crippen molar-refractivity contribution in [3.8, 4) is 0 Å². The van der Waals surface area contributed by atoms with Crippen LogP contribution in [-0.4, -0.2) is 23.0 Å². The molecule has 0 heterocycles. The number of nitrogens with two attached hydrogens (primary N) is 1. The van der Waals surface area contributed by atoms with Gasteiger partial charge >= 0.3 is 5.97 Å². The van der Waals surface area contributed by atoms with Gasteiger partial charge in [-0.15, -0.1) is 0 Å². The molecule has 0 saturated heterocycles. The molecular weight excluding hydrogens is 244 g/mol. The van der Waals surface area contributed by atoms with Crippen molar-refractivity contribution in [1.29, 1.82) is 0 Å². The molecular formula is C14H20N2O3. The monoisotopic (exact) mass is 264 g/mol. The van der Waals surface area contributed by atoms with Gasteiger partial charge in [0.25, 0.3) is 0 Å². The molecule has 0 bridgehead atoms. The fourth-order valence-electron chi connectivity index (χ4n) is 1.75. The molecule has 1 aromatic carbocycles. The summed E-state index contributed by atoms with van der Waals surface area (Å²) in [4.78, 5) is 23.0. The van der Waals surface area contributed by atoms with Crippen LogP contribution in [0.4, 0.5) is 5.69 Å². The molecule has 104 valence electrons. The Hall–Kier alpha value is -2.04. The summed E-state index contributed by atoms with van der Waals surface area (Å²) < 4.78 is 0. The number of amides is 1. The average Bonchev–Trinajstić information content (AvgIpc) is 2.24. The normalized spacial score (nSPS) is 12.8. The van der Waals surface area contributed by atoms with Gasteiger partial charge in [0.15, 0.2) is 0 Å². The summed E-state index contributed by atoms with van der Waals surface area (Å²) >= 11 is 0. The highest BCUT2D eigenvalue weighted by Crippen LogP contribution is 2.19. The van der Waals surface area contributed by atoms with Crippen LogP contribution in [0.3, 0.4) is 0 Å². The van der Waals surface area contributed by atoms with Crippen LogP contribution >= 0.6 is 0 Å². The van der Waals surface area contributed by atoms with E-state index in [4.69, 9.17) is 10.8 Å². The van der Waals surface area contributed by atoms with Crippen molar-refractivity contribution in [2.24, 2.45) is 5.41 Å². The molecule has 0 aliphatic heterocycles. The number of aliphatic carboxylic acids is 1. The van der Waals surface area contributed by atoms with Gasteiger partial charge in [0, 0.05) is 5.69 Å². The van der Waals surface area contributed by atoms with E-state index in [1.807, 2.05) is 0 Å². The van der Waals surface area contributed by atoms with Crippen LogP contribution in [0.2, 0.25) is 0 Å². The maximum Gasteiger partial charge on any atom is 0.326 e. The Bertz CT molecular complexity index is 478. The molecule has 1 rings (SSSR count). The molecule has 19 heavy (non-hydrogen) atoms. The smallest absolute Gasteiger partial charge is 0.326 e. The van der Waals surface area contributed by atoms with Crippen molar-refractivity contribution in [2.75, 3.05) is 5.73 Å². The third-order valence-corrected chi connectivity index (χ3v) is 2.73. The number of anilines is 1.